The maximum absolute atomic E-state index is 11.0. The molecule has 6 N–H and O–H groups in total. The molecule has 0 aromatic carbocycles. The average Bonchev–Trinajstić information content (AvgIpc) is 2.19. The molecule has 0 rings (SSSR count). The monoisotopic (exact) mass is 252 g/mol. The second-order valence-corrected chi connectivity index (χ2v) is 4.75. The van der Waals surface area contributed by atoms with Crippen molar-refractivity contribution in [1.82, 2.24) is 10.6 Å². The van der Waals surface area contributed by atoms with E-state index in [9.17, 15) is 18.0 Å². The van der Waals surface area contributed by atoms with Crippen molar-refractivity contribution in [2.75, 3.05) is 25.4 Å². The largest absolute Gasteiger partial charge is 0.348 e. The number of primary sulfonamides is 1. The Kier molecular flexibility index (Phi) is 6.61. The number of nitrogens with one attached hydrogen (secondary N) is 2. The van der Waals surface area contributed by atoms with Gasteiger partial charge in [0.2, 0.25) is 10.0 Å². The zero-order valence-corrected chi connectivity index (χ0v) is 9.55. The van der Waals surface area contributed by atoms with Gasteiger partial charge in [-0.2, -0.15) is 0 Å². The smallest absolute Gasteiger partial charge is 0.309 e. The third-order valence-electron chi connectivity index (χ3n) is 1.53. The Morgan fingerprint density at radius 3 is 2.00 bits per heavy atom. The Morgan fingerprint density at radius 2 is 1.56 bits per heavy atom. The van der Waals surface area contributed by atoms with Crippen LogP contribution < -0.4 is 21.5 Å². The Bertz CT molecular complexity index is 340. The van der Waals surface area contributed by atoms with E-state index in [1.165, 1.54) is 0 Å². The molecule has 0 saturated carbocycles. The van der Waals surface area contributed by atoms with Crippen LogP contribution in [-0.2, 0) is 19.6 Å². The highest BCUT2D eigenvalue weighted by atomic mass is 32.2. The summed E-state index contributed by atoms with van der Waals surface area (Å²) < 4.78 is 21.0. The molecule has 0 heterocycles. The van der Waals surface area contributed by atoms with Crippen molar-refractivity contribution in [3.05, 3.63) is 0 Å². The molecular formula is C7H16N4O4S. The minimum atomic E-state index is -3.52. The van der Waals surface area contributed by atoms with Crippen LogP contribution in [0, 0.1) is 0 Å². The molecule has 94 valence electrons. The van der Waals surface area contributed by atoms with E-state index in [0.29, 0.717) is 0 Å². The lowest BCUT2D eigenvalue weighted by atomic mass is 10.4. The summed E-state index contributed by atoms with van der Waals surface area (Å²) >= 11 is 0. The number of sulfonamides is 1. The highest BCUT2D eigenvalue weighted by molar-refractivity contribution is 7.89. The van der Waals surface area contributed by atoms with Crippen molar-refractivity contribution in [2.24, 2.45) is 10.9 Å². The van der Waals surface area contributed by atoms with Gasteiger partial charge in [-0.05, 0) is 6.42 Å². The van der Waals surface area contributed by atoms with Crippen molar-refractivity contribution >= 4 is 21.8 Å². The summed E-state index contributed by atoms with van der Waals surface area (Å²) in [6, 6.07) is 0. The zero-order chi connectivity index (χ0) is 12.6. The summed E-state index contributed by atoms with van der Waals surface area (Å²) in [4.78, 5) is 22.0. The predicted molar refractivity (Wildman–Crippen MR) is 57.7 cm³/mol. The summed E-state index contributed by atoms with van der Waals surface area (Å²) in [7, 11) is -3.52. The Hall–Kier alpha value is -1.19. The molecule has 0 aliphatic rings. The van der Waals surface area contributed by atoms with Crippen LogP contribution >= 0.6 is 0 Å². The molecule has 0 spiro atoms. The molecule has 0 aromatic heterocycles. The number of carbonyl (C=O) groups excluding carboxylic acids is 2. The molecular weight excluding hydrogens is 236 g/mol. The molecule has 0 atom stereocenters. The number of amides is 2. The van der Waals surface area contributed by atoms with Crippen molar-refractivity contribution < 1.29 is 18.0 Å². The van der Waals surface area contributed by atoms with Gasteiger partial charge in [0.05, 0.1) is 5.75 Å². The summed E-state index contributed by atoms with van der Waals surface area (Å²) in [6.07, 6.45) is 0.161. The van der Waals surface area contributed by atoms with Crippen LogP contribution in [0.3, 0.4) is 0 Å². The van der Waals surface area contributed by atoms with Crippen LogP contribution in [0.15, 0.2) is 0 Å². The average molecular weight is 252 g/mol. The van der Waals surface area contributed by atoms with Gasteiger partial charge in [-0.25, -0.2) is 13.6 Å². The van der Waals surface area contributed by atoms with Crippen LogP contribution in [-0.4, -0.2) is 45.6 Å². The highest BCUT2D eigenvalue weighted by Gasteiger charge is 2.11. The number of hydrogen-bond acceptors (Lipinski definition) is 5. The van der Waals surface area contributed by atoms with E-state index in [4.69, 9.17) is 10.9 Å². The summed E-state index contributed by atoms with van der Waals surface area (Å²) in [5, 5.41) is 9.27. The summed E-state index contributed by atoms with van der Waals surface area (Å²) in [5.74, 6) is -1.85. The maximum Gasteiger partial charge on any atom is 0.309 e. The van der Waals surface area contributed by atoms with Crippen LogP contribution in [0.1, 0.15) is 6.42 Å². The van der Waals surface area contributed by atoms with Crippen LogP contribution in [0.2, 0.25) is 0 Å². The van der Waals surface area contributed by atoms with Crippen LogP contribution in [0.5, 0.6) is 0 Å². The molecule has 2 amide bonds. The molecule has 9 heteroatoms. The third-order valence-corrected chi connectivity index (χ3v) is 2.39. The van der Waals surface area contributed by atoms with Crippen LogP contribution in [0.25, 0.3) is 0 Å². The highest BCUT2D eigenvalue weighted by Crippen LogP contribution is 1.83. The first-order valence-corrected chi connectivity index (χ1v) is 6.35. The quantitative estimate of drug-likeness (QED) is 0.291. The molecule has 8 nitrogen and oxygen atoms in total. The van der Waals surface area contributed by atoms with Crippen molar-refractivity contribution in [1.29, 1.82) is 0 Å². The predicted octanol–water partition coefficient (Wildman–Crippen LogP) is -3.14. The van der Waals surface area contributed by atoms with Gasteiger partial charge < -0.3 is 16.4 Å². The fraction of sp³-hybridized carbons (Fsp3) is 0.714. The number of rotatable bonds is 6. The van der Waals surface area contributed by atoms with Crippen molar-refractivity contribution in [3.8, 4) is 0 Å². The fourth-order valence-corrected chi connectivity index (χ4v) is 1.37. The number of hydrogen-bond donors (Lipinski definition) is 4. The Balaban J connectivity index is 3.69. The van der Waals surface area contributed by atoms with Gasteiger partial charge in [-0.15, -0.1) is 0 Å². The lowest BCUT2D eigenvalue weighted by molar-refractivity contribution is -0.139. The van der Waals surface area contributed by atoms with E-state index in [0.717, 1.165) is 0 Å². The maximum atomic E-state index is 11.0. The SMILES string of the molecule is NCCNC(=O)C(=O)NCCCS(N)(=O)=O. The Morgan fingerprint density at radius 1 is 1.06 bits per heavy atom. The molecule has 16 heavy (non-hydrogen) atoms. The molecule has 0 aromatic rings. The first-order chi connectivity index (χ1) is 7.37. The van der Waals surface area contributed by atoms with E-state index in [1.807, 2.05) is 0 Å². The zero-order valence-electron chi connectivity index (χ0n) is 8.73. The normalized spacial score (nSPS) is 10.9. The molecule has 0 unspecified atom stereocenters. The third kappa shape index (κ3) is 8.15. The van der Waals surface area contributed by atoms with Gasteiger partial charge in [0.25, 0.3) is 0 Å². The van der Waals surface area contributed by atoms with Crippen LogP contribution in [0.4, 0.5) is 0 Å². The number of nitrogens with two attached hydrogens (primary N) is 2. The molecule has 0 bridgehead atoms. The lowest BCUT2D eigenvalue weighted by Gasteiger charge is -2.04. The van der Waals surface area contributed by atoms with Gasteiger partial charge in [-0.3, -0.25) is 9.59 Å². The summed E-state index contributed by atoms with van der Waals surface area (Å²) in [6.45, 7) is 0.527. The minimum absolute atomic E-state index is 0.0747. The lowest BCUT2D eigenvalue weighted by Crippen LogP contribution is -2.42. The second kappa shape index (κ2) is 7.14. The summed E-state index contributed by atoms with van der Waals surface area (Å²) in [5.41, 5.74) is 5.12. The van der Waals surface area contributed by atoms with Crippen molar-refractivity contribution in [2.45, 2.75) is 6.42 Å². The van der Waals surface area contributed by atoms with E-state index < -0.39 is 21.8 Å². The van der Waals surface area contributed by atoms with Crippen molar-refractivity contribution in [3.63, 3.8) is 0 Å². The first kappa shape index (κ1) is 14.8. The first-order valence-electron chi connectivity index (χ1n) is 4.63. The molecule has 0 aliphatic carbocycles. The molecule has 0 radical (unpaired) electrons. The van der Waals surface area contributed by atoms with Gasteiger partial charge in [0.15, 0.2) is 0 Å². The van der Waals surface area contributed by atoms with Gasteiger partial charge in [-0.1, -0.05) is 0 Å². The second-order valence-electron chi connectivity index (χ2n) is 3.02. The van der Waals surface area contributed by atoms with Gasteiger partial charge in [0, 0.05) is 19.6 Å². The van der Waals surface area contributed by atoms with E-state index in [1.54, 1.807) is 0 Å². The van der Waals surface area contributed by atoms with Gasteiger partial charge >= 0.3 is 11.8 Å². The van der Waals surface area contributed by atoms with E-state index >= 15 is 0 Å². The molecule has 0 fully saturated rings. The number of carbonyl (C=O) groups is 2. The molecule has 0 saturated heterocycles. The van der Waals surface area contributed by atoms with E-state index in [-0.39, 0.29) is 31.8 Å². The molecule has 0 aliphatic heterocycles. The minimum Gasteiger partial charge on any atom is -0.348 e. The van der Waals surface area contributed by atoms with E-state index in [2.05, 4.69) is 10.6 Å². The fourth-order valence-electron chi connectivity index (χ4n) is 0.822. The van der Waals surface area contributed by atoms with Gasteiger partial charge in [0.1, 0.15) is 0 Å². The standard InChI is InChI=1S/C7H16N4O4S/c8-2-4-11-7(13)6(12)10-3-1-5-16(9,14)15/h1-5,8H2,(H,10,12)(H,11,13)(H2,9,14,15). The topological polar surface area (TPSA) is 144 Å². The Labute approximate surface area is 93.8 Å².